The van der Waals surface area contributed by atoms with Crippen molar-refractivity contribution < 1.29 is 22.4 Å². The van der Waals surface area contributed by atoms with Gasteiger partial charge in [-0.3, -0.25) is 4.79 Å². The van der Waals surface area contributed by atoms with Gasteiger partial charge in [-0.05, 0) is 66.8 Å². The highest BCUT2D eigenvalue weighted by molar-refractivity contribution is 5.94. The van der Waals surface area contributed by atoms with Gasteiger partial charge in [-0.1, -0.05) is 37.1 Å². The van der Waals surface area contributed by atoms with Gasteiger partial charge in [-0.25, -0.2) is 4.39 Å². The van der Waals surface area contributed by atoms with E-state index in [0.717, 1.165) is 43.5 Å². The molecule has 6 N–H and O–H groups in total. The van der Waals surface area contributed by atoms with Crippen LogP contribution in [0.25, 0.3) is 0 Å². The van der Waals surface area contributed by atoms with E-state index in [4.69, 9.17) is 11.5 Å². The molecule has 0 radical (unpaired) electrons. The van der Waals surface area contributed by atoms with Crippen molar-refractivity contribution in [2.24, 2.45) is 0 Å². The van der Waals surface area contributed by atoms with Gasteiger partial charge in [-0.15, -0.1) is 0 Å². The summed E-state index contributed by atoms with van der Waals surface area (Å²) < 4.78 is 52.7. The number of nitrogens with one attached hydrogen (secondary N) is 2. The first kappa shape index (κ1) is 26.8. The minimum absolute atomic E-state index is 0.0894. The van der Waals surface area contributed by atoms with Gasteiger partial charge in [0.1, 0.15) is 0 Å². The average Bonchev–Trinajstić information content (AvgIpc) is 2.84. The van der Waals surface area contributed by atoms with Crippen LogP contribution in [-0.2, 0) is 23.9 Å². The fraction of sp³-hybridized carbons (Fsp3) is 0.296. The number of carbonyl (C=O) groups is 1. The topological polar surface area (TPSA) is 93.2 Å². The van der Waals surface area contributed by atoms with Crippen LogP contribution in [0.4, 0.5) is 40.3 Å². The first-order valence-corrected chi connectivity index (χ1v) is 11.8. The lowest BCUT2D eigenvalue weighted by Crippen LogP contribution is -2.14. The highest BCUT2D eigenvalue weighted by Gasteiger charge is 2.29. The molecule has 0 bridgehead atoms. The lowest BCUT2D eigenvalue weighted by atomic mass is 10.1. The third-order valence-corrected chi connectivity index (χ3v) is 5.82. The van der Waals surface area contributed by atoms with Gasteiger partial charge in [0.25, 0.3) is 0 Å². The molecular weight excluding hydrogens is 472 g/mol. The Morgan fingerprint density at radius 2 is 1.39 bits per heavy atom. The van der Waals surface area contributed by atoms with E-state index in [2.05, 4.69) is 10.6 Å². The molecule has 0 saturated heterocycles. The molecule has 0 aliphatic rings. The Hall–Kier alpha value is -3.75. The van der Waals surface area contributed by atoms with Gasteiger partial charge in [0.15, 0.2) is 5.82 Å². The van der Waals surface area contributed by atoms with E-state index in [9.17, 15) is 22.4 Å². The number of rotatable bonds is 11. The Bertz CT molecular complexity index is 1150. The molecule has 0 saturated carbocycles. The highest BCUT2D eigenvalue weighted by Crippen LogP contribution is 2.30. The molecule has 5 nitrogen and oxygen atoms in total. The maximum absolute atomic E-state index is 14.7. The number of hydrogen-bond donors (Lipinski definition) is 4. The Labute approximate surface area is 207 Å². The van der Waals surface area contributed by atoms with Crippen LogP contribution in [0.3, 0.4) is 0 Å². The molecule has 0 spiro atoms. The summed E-state index contributed by atoms with van der Waals surface area (Å²) in [4.78, 5) is 12.3. The maximum atomic E-state index is 14.7. The van der Waals surface area contributed by atoms with Crippen LogP contribution in [0.15, 0.2) is 60.7 Å². The summed E-state index contributed by atoms with van der Waals surface area (Å²) in [7, 11) is 0. The molecule has 0 aromatic heterocycles. The Kier molecular flexibility index (Phi) is 9.16. The van der Waals surface area contributed by atoms with Crippen LogP contribution in [0.1, 0.15) is 48.8 Å². The predicted octanol–water partition coefficient (Wildman–Crippen LogP) is 6.75. The number of aryl methyl sites for hydroxylation is 1. The van der Waals surface area contributed by atoms with E-state index >= 15 is 0 Å². The van der Waals surface area contributed by atoms with E-state index in [-0.39, 0.29) is 29.5 Å². The fourth-order valence-electron chi connectivity index (χ4n) is 3.71. The van der Waals surface area contributed by atoms with Crippen molar-refractivity contribution in [3.05, 3.63) is 83.2 Å². The molecule has 0 unspecified atom stereocenters. The Morgan fingerprint density at radius 1 is 0.778 bits per heavy atom. The summed E-state index contributed by atoms with van der Waals surface area (Å²) in [5.41, 5.74) is 13.4. The predicted molar refractivity (Wildman–Crippen MR) is 136 cm³/mol. The normalized spacial score (nSPS) is 11.3. The van der Waals surface area contributed by atoms with Crippen molar-refractivity contribution in [1.82, 2.24) is 0 Å². The van der Waals surface area contributed by atoms with Crippen LogP contribution in [0, 0.1) is 5.82 Å². The SMILES string of the molecule is Nc1ccc(CCCCCCC(=O)Nc2ccc(NCc3ccc(C(F)(F)F)cc3)c(F)c2N)cc1. The minimum atomic E-state index is -4.41. The molecule has 1 amide bonds. The minimum Gasteiger partial charge on any atom is -0.399 e. The van der Waals surface area contributed by atoms with Crippen LogP contribution in [0.2, 0.25) is 0 Å². The number of alkyl halides is 3. The highest BCUT2D eigenvalue weighted by atomic mass is 19.4. The van der Waals surface area contributed by atoms with Crippen molar-refractivity contribution in [2.45, 2.75) is 51.2 Å². The first-order valence-electron chi connectivity index (χ1n) is 11.8. The standard InChI is InChI=1S/C27H30F4N4O/c28-25-22(34-17-19-7-11-20(12-8-19)27(29,30)31)15-16-23(26(25)33)35-24(36)6-4-2-1-3-5-18-9-13-21(32)14-10-18/h7-16,34H,1-6,17,32-33H2,(H,35,36). The lowest BCUT2D eigenvalue weighted by molar-refractivity contribution is -0.137. The fourth-order valence-corrected chi connectivity index (χ4v) is 3.71. The number of halogens is 4. The van der Waals surface area contributed by atoms with Crippen LogP contribution in [-0.4, -0.2) is 5.91 Å². The van der Waals surface area contributed by atoms with E-state index in [1.165, 1.54) is 29.8 Å². The van der Waals surface area contributed by atoms with Crippen LogP contribution >= 0.6 is 0 Å². The molecule has 0 atom stereocenters. The van der Waals surface area contributed by atoms with Crippen molar-refractivity contribution >= 4 is 28.7 Å². The van der Waals surface area contributed by atoms with Gasteiger partial charge in [-0.2, -0.15) is 13.2 Å². The lowest BCUT2D eigenvalue weighted by Gasteiger charge is -2.14. The van der Waals surface area contributed by atoms with Crippen LogP contribution in [0.5, 0.6) is 0 Å². The van der Waals surface area contributed by atoms with Crippen molar-refractivity contribution in [3.63, 3.8) is 0 Å². The zero-order chi connectivity index (χ0) is 26.1. The summed E-state index contributed by atoms with van der Waals surface area (Å²) in [6, 6.07) is 15.3. The van der Waals surface area contributed by atoms with Crippen molar-refractivity contribution in [3.8, 4) is 0 Å². The van der Waals surface area contributed by atoms with E-state index in [0.29, 0.717) is 18.4 Å². The van der Waals surface area contributed by atoms with E-state index < -0.39 is 17.6 Å². The van der Waals surface area contributed by atoms with Gasteiger partial charge >= 0.3 is 6.18 Å². The zero-order valence-electron chi connectivity index (χ0n) is 19.8. The molecule has 0 heterocycles. The van der Waals surface area contributed by atoms with E-state index in [1.807, 2.05) is 24.3 Å². The number of nitrogens with two attached hydrogens (primary N) is 2. The molecule has 3 aromatic rings. The van der Waals surface area contributed by atoms with Gasteiger partial charge < -0.3 is 22.1 Å². The Balaban J connectivity index is 1.41. The summed E-state index contributed by atoms with van der Waals surface area (Å²) in [6.07, 6.45) is 0.476. The smallest absolute Gasteiger partial charge is 0.399 e. The molecular formula is C27H30F4N4O. The molecule has 3 aromatic carbocycles. The number of nitrogen functional groups attached to an aromatic ring is 2. The first-order chi connectivity index (χ1) is 17.1. The third-order valence-electron chi connectivity index (χ3n) is 5.82. The number of unbranched alkanes of at least 4 members (excludes halogenated alkanes) is 3. The van der Waals surface area contributed by atoms with Gasteiger partial charge in [0.05, 0.1) is 22.6 Å². The number of carbonyl (C=O) groups excluding carboxylic acids is 1. The average molecular weight is 503 g/mol. The molecule has 36 heavy (non-hydrogen) atoms. The van der Waals surface area contributed by atoms with Crippen molar-refractivity contribution in [1.29, 1.82) is 0 Å². The number of amides is 1. The van der Waals surface area contributed by atoms with Gasteiger partial charge in [0.2, 0.25) is 5.91 Å². The summed E-state index contributed by atoms with van der Waals surface area (Å²) >= 11 is 0. The number of anilines is 4. The number of benzene rings is 3. The summed E-state index contributed by atoms with van der Waals surface area (Å²) in [5.74, 6) is -0.979. The monoisotopic (exact) mass is 502 g/mol. The Morgan fingerprint density at radius 3 is 2.06 bits per heavy atom. The molecule has 9 heteroatoms. The molecule has 192 valence electrons. The molecule has 0 aliphatic carbocycles. The molecule has 3 rings (SSSR count). The van der Waals surface area contributed by atoms with E-state index in [1.54, 1.807) is 0 Å². The second kappa shape index (κ2) is 12.3. The van der Waals surface area contributed by atoms with Crippen LogP contribution < -0.4 is 22.1 Å². The second-order valence-corrected chi connectivity index (χ2v) is 8.64. The summed E-state index contributed by atoms with van der Waals surface area (Å²) in [5, 5.41) is 5.47. The largest absolute Gasteiger partial charge is 0.416 e. The number of hydrogen-bond acceptors (Lipinski definition) is 4. The third kappa shape index (κ3) is 7.90. The molecule has 0 aliphatic heterocycles. The molecule has 0 fully saturated rings. The maximum Gasteiger partial charge on any atom is 0.416 e. The second-order valence-electron chi connectivity index (χ2n) is 8.64. The van der Waals surface area contributed by atoms with Gasteiger partial charge in [0, 0.05) is 18.7 Å². The van der Waals surface area contributed by atoms with Crippen molar-refractivity contribution in [2.75, 3.05) is 22.1 Å². The summed E-state index contributed by atoms with van der Waals surface area (Å²) in [6.45, 7) is 0.110. The zero-order valence-corrected chi connectivity index (χ0v) is 19.8. The quantitative estimate of drug-likeness (QED) is 0.133.